The molecule has 4 heterocycles. The van der Waals surface area contributed by atoms with E-state index in [-0.39, 0.29) is 29.6 Å². The zero-order chi connectivity index (χ0) is 23.4. The number of hydrogen-bond donors (Lipinski definition) is 2. The molecule has 0 saturated carbocycles. The summed E-state index contributed by atoms with van der Waals surface area (Å²) in [5.41, 5.74) is 0.961. The molecule has 1 fully saturated rings. The fourth-order valence-corrected chi connectivity index (χ4v) is 4.52. The first-order valence-electron chi connectivity index (χ1n) is 9.96. The Morgan fingerprint density at radius 2 is 1.97 bits per heavy atom. The standard InChI is InChI=1S/C19H22F3N7O2S/c1-8(2)13-15(30)26-12-9(3)23-18(27-14(12)28(13)4)24-10-5-29(6-10)16(31)11-7-32-17(25-11)19(20,21)22/h7-8,10,13H,5-6H2,1-4H3,(H,26,30)(H,23,24,27)/t13-/m0/s1. The normalized spacial score (nSPS) is 19.0. The maximum absolute atomic E-state index is 12.7. The third-order valence-electron chi connectivity index (χ3n) is 5.44. The highest BCUT2D eigenvalue weighted by atomic mass is 32.1. The van der Waals surface area contributed by atoms with Gasteiger partial charge < -0.3 is 20.4 Å². The Balaban J connectivity index is 1.42. The summed E-state index contributed by atoms with van der Waals surface area (Å²) in [4.78, 5) is 40.4. The lowest BCUT2D eigenvalue weighted by molar-refractivity contribution is -0.137. The Morgan fingerprint density at radius 3 is 2.56 bits per heavy atom. The van der Waals surface area contributed by atoms with Crippen molar-refractivity contribution in [1.82, 2.24) is 19.9 Å². The molecular weight excluding hydrogens is 447 g/mol. The number of thiazole rings is 1. The molecule has 13 heteroatoms. The second-order valence-corrected chi connectivity index (χ2v) is 9.07. The van der Waals surface area contributed by atoms with Gasteiger partial charge in [-0.25, -0.2) is 9.97 Å². The van der Waals surface area contributed by atoms with Crippen LogP contribution in [0.15, 0.2) is 5.38 Å². The summed E-state index contributed by atoms with van der Waals surface area (Å²) in [7, 11) is 1.81. The zero-order valence-electron chi connectivity index (χ0n) is 17.8. The number of hydrogen-bond acceptors (Lipinski definition) is 8. The topological polar surface area (TPSA) is 103 Å². The molecular formula is C19H22F3N7O2S. The van der Waals surface area contributed by atoms with E-state index in [1.54, 1.807) is 6.92 Å². The van der Waals surface area contributed by atoms with E-state index >= 15 is 0 Å². The molecule has 0 unspecified atom stereocenters. The van der Waals surface area contributed by atoms with Crippen LogP contribution in [0.1, 0.15) is 35.0 Å². The van der Waals surface area contributed by atoms with E-state index in [0.717, 1.165) is 5.38 Å². The Morgan fingerprint density at radius 1 is 1.28 bits per heavy atom. The van der Waals surface area contributed by atoms with Crippen LogP contribution < -0.4 is 15.5 Å². The van der Waals surface area contributed by atoms with Crippen LogP contribution in [-0.4, -0.2) is 63.9 Å². The Kier molecular flexibility index (Phi) is 5.47. The molecule has 2 aromatic heterocycles. The second-order valence-electron chi connectivity index (χ2n) is 8.21. The quantitative estimate of drug-likeness (QED) is 0.710. The van der Waals surface area contributed by atoms with Crippen LogP contribution in [0, 0.1) is 12.8 Å². The van der Waals surface area contributed by atoms with Gasteiger partial charge in [0, 0.05) is 25.5 Å². The maximum Gasteiger partial charge on any atom is 0.443 e. The van der Waals surface area contributed by atoms with E-state index < -0.39 is 17.1 Å². The van der Waals surface area contributed by atoms with Crippen molar-refractivity contribution < 1.29 is 22.8 Å². The van der Waals surface area contributed by atoms with Crippen molar-refractivity contribution in [1.29, 1.82) is 0 Å². The SMILES string of the molecule is Cc1nc(NC2CN(C(=O)c3csc(C(F)(F)F)n3)C2)nc2c1NC(=O)[C@H](C(C)C)N2C. The van der Waals surface area contributed by atoms with E-state index in [2.05, 4.69) is 25.6 Å². The summed E-state index contributed by atoms with van der Waals surface area (Å²) >= 11 is 0.403. The molecule has 0 aliphatic carbocycles. The van der Waals surface area contributed by atoms with Crippen LogP contribution in [0.2, 0.25) is 0 Å². The van der Waals surface area contributed by atoms with Crippen molar-refractivity contribution in [3.63, 3.8) is 0 Å². The fourth-order valence-electron chi connectivity index (χ4n) is 3.86. The number of likely N-dealkylation sites (N-methyl/N-ethyl adjacent to an activating group) is 1. The first-order chi connectivity index (χ1) is 15.0. The predicted octanol–water partition coefficient (Wildman–Crippen LogP) is 2.61. The molecule has 2 aromatic rings. The average Bonchev–Trinajstić information content (AvgIpc) is 3.15. The molecule has 0 aromatic carbocycles. The minimum absolute atomic E-state index is 0.0783. The molecule has 2 aliphatic heterocycles. The van der Waals surface area contributed by atoms with Crippen molar-refractivity contribution in [2.75, 3.05) is 35.7 Å². The lowest BCUT2D eigenvalue weighted by Gasteiger charge is -2.40. The number of aromatic nitrogens is 3. The molecule has 2 amide bonds. The number of alkyl halides is 3. The minimum atomic E-state index is -4.56. The first-order valence-corrected chi connectivity index (χ1v) is 10.8. The van der Waals surface area contributed by atoms with Gasteiger partial charge in [0.25, 0.3) is 5.91 Å². The number of likely N-dealkylation sites (tertiary alicyclic amines) is 1. The summed E-state index contributed by atoms with van der Waals surface area (Å²) in [5, 5.41) is 6.12. The van der Waals surface area contributed by atoms with Gasteiger partial charge in [-0.05, 0) is 12.8 Å². The van der Waals surface area contributed by atoms with Gasteiger partial charge in [-0.15, -0.1) is 11.3 Å². The van der Waals surface area contributed by atoms with Gasteiger partial charge in [-0.3, -0.25) is 9.59 Å². The van der Waals surface area contributed by atoms with Gasteiger partial charge in [-0.2, -0.15) is 18.2 Å². The Bertz CT molecular complexity index is 1070. The third kappa shape index (κ3) is 3.96. The molecule has 172 valence electrons. The third-order valence-corrected chi connectivity index (χ3v) is 6.33. The van der Waals surface area contributed by atoms with Gasteiger partial charge in [-0.1, -0.05) is 13.8 Å². The number of fused-ring (bicyclic) bond motifs is 1. The van der Waals surface area contributed by atoms with E-state index in [1.807, 2.05) is 25.8 Å². The van der Waals surface area contributed by atoms with Gasteiger partial charge in [0.2, 0.25) is 11.9 Å². The molecule has 32 heavy (non-hydrogen) atoms. The van der Waals surface area contributed by atoms with Crippen LogP contribution in [0.3, 0.4) is 0 Å². The fraction of sp³-hybridized carbons (Fsp3) is 0.526. The van der Waals surface area contributed by atoms with Gasteiger partial charge in [0.1, 0.15) is 17.4 Å². The highest BCUT2D eigenvalue weighted by molar-refractivity contribution is 7.09. The van der Waals surface area contributed by atoms with E-state index in [4.69, 9.17) is 0 Å². The van der Waals surface area contributed by atoms with Gasteiger partial charge >= 0.3 is 6.18 Å². The number of aryl methyl sites for hydroxylation is 1. The van der Waals surface area contributed by atoms with Crippen LogP contribution in [0.5, 0.6) is 0 Å². The highest BCUT2D eigenvalue weighted by Gasteiger charge is 2.39. The summed E-state index contributed by atoms with van der Waals surface area (Å²) in [5.74, 6) is 0.394. The van der Waals surface area contributed by atoms with Gasteiger partial charge in [0.05, 0.1) is 11.7 Å². The number of anilines is 3. The van der Waals surface area contributed by atoms with Crippen molar-refractivity contribution in [2.45, 2.75) is 39.0 Å². The number of nitrogens with zero attached hydrogens (tertiary/aromatic N) is 5. The van der Waals surface area contributed by atoms with E-state index in [1.165, 1.54) is 4.90 Å². The van der Waals surface area contributed by atoms with Crippen molar-refractivity contribution in [3.05, 3.63) is 21.8 Å². The summed E-state index contributed by atoms with van der Waals surface area (Å²) in [6, 6.07) is -0.511. The molecule has 0 radical (unpaired) electrons. The average molecular weight is 469 g/mol. The largest absolute Gasteiger partial charge is 0.443 e. The summed E-state index contributed by atoms with van der Waals surface area (Å²) < 4.78 is 38.1. The van der Waals surface area contributed by atoms with Crippen LogP contribution in [0.4, 0.5) is 30.6 Å². The molecule has 0 bridgehead atoms. The molecule has 1 saturated heterocycles. The first kappa shape index (κ1) is 22.2. The van der Waals surface area contributed by atoms with Crippen LogP contribution in [-0.2, 0) is 11.0 Å². The predicted molar refractivity (Wildman–Crippen MR) is 113 cm³/mol. The van der Waals surface area contributed by atoms with Crippen LogP contribution >= 0.6 is 11.3 Å². The highest BCUT2D eigenvalue weighted by Crippen LogP contribution is 2.35. The number of rotatable bonds is 4. The molecule has 1 atom stereocenters. The number of halogens is 3. The van der Waals surface area contributed by atoms with Crippen LogP contribution in [0.25, 0.3) is 0 Å². The summed E-state index contributed by atoms with van der Waals surface area (Å²) in [6.45, 7) is 6.27. The monoisotopic (exact) mass is 469 g/mol. The number of carbonyl (C=O) groups excluding carboxylic acids is 2. The zero-order valence-corrected chi connectivity index (χ0v) is 18.6. The van der Waals surface area contributed by atoms with E-state index in [9.17, 15) is 22.8 Å². The molecule has 2 aliphatic rings. The number of carbonyl (C=O) groups is 2. The van der Waals surface area contributed by atoms with Crippen molar-refractivity contribution in [2.24, 2.45) is 5.92 Å². The van der Waals surface area contributed by atoms with Crippen molar-refractivity contribution in [3.8, 4) is 0 Å². The number of nitrogens with one attached hydrogen (secondary N) is 2. The molecule has 9 nitrogen and oxygen atoms in total. The molecule has 0 spiro atoms. The second kappa shape index (κ2) is 7.87. The maximum atomic E-state index is 12.7. The van der Waals surface area contributed by atoms with E-state index in [0.29, 0.717) is 47.6 Å². The van der Waals surface area contributed by atoms with Crippen molar-refractivity contribution >= 4 is 40.6 Å². The molecule has 2 N–H and O–H groups in total. The Labute approximate surface area is 186 Å². The lowest BCUT2D eigenvalue weighted by Crippen LogP contribution is -2.57. The number of amides is 2. The lowest BCUT2D eigenvalue weighted by atomic mass is 9.99. The summed E-state index contributed by atoms with van der Waals surface area (Å²) in [6.07, 6.45) is -4.56. The van der Waals surface area contributed by atoms with Gasteiger partial charge in [0.15, 0.2) is 10.8 Å². The smallest absolute Gasteiger partial charge is 0.348 e. The molecule has 4 rings (SSSR count). The Hall–Kier alpha value is -2.96. The minimum Gasteiger partial charge on any atom is -0.348 e.